The molecule has 110 valence electrons. The number of carboxylic acids is 1. The molecule has 1 aromatic rings. The summed E-state index contributed by atoms with van der Waals surface area (Å²) in [6.07, 6.45) is 0.378. The number of nitrogens with two attached hydrogens (primary N) is 1. The number of rotatable bonds is 5. The van der Waals surface area contributed by atoms with Gasteiger partial charge in [0, 0.05) is 0 Å². The minimum Gasteiger partial charge on any atom is -0.480 e. The van der Waals surface area contributed by atoms with Gasteiger partial charge in [0.15, 0.2) is 0 Å². The van der Waals surface area contributed by atoms with Crippen LogP contribution in [0.5, 0.6) is 0 Å². The van der Waals surface area contributed by atoms with E-state index in [0.29, 0.717) is 6.42 Å². The Balaban J connectivity index is 2.67. The van der Waals surface area contributed by atoms with Crippen LogP contribution in [0.25, 0.3) is 0 Å². The highest BCUT2D eigenvalue weighted by Crippen LogP contribution is 2.19. The first kappa shape index (κ1) is 16.2. The molecule has 0 aliphatic rings. The van der Waals surface area contributed by atoms with E-state index in [1.54, 1.807) is 20.8 Å². The normalized spacial score (nSPS) is 14.4. The SMILES string of the molecule is CC(C)(C)C(NC(=O)C(N)Cc1ccccc1)C(=O)O. The molecule has 20 heavy (non-hydrogen) atoms. The highest BCUT2D eigenvalue weighted by molar-refractivity contribution is 5.87. The average Bonchev–Trinajstić information content (AvgIpc) is 2.34. The van der Waals surface area contributed by atoms with Crippen molar-refractivity contribution >= 4 is 11.9 Å². The summed E-state index contributed by atoms with van der Waals surface area (Å²) in [5.74, 6) is -1.51. The van der Waals surface area contributed by atoms with Crippen molar-refractivity contribution in [1.29, 1.82) is 0 Å². The molecule has 0 aromatic heterocycles. The summed E-state index contributed by atoms with van der Waals surface area (Å²) in [5, 5.41) is 11.7. The fourth-order valence-corrected chi connectivity index (χ4v) is 1.86. The van der Waals surface area contributed by atoms with Gasteiger partial charge in [-0.1, -0.05) is 51.1 Å². The minimum absolute atomic E-state index is 0.378. The monoisotopic (exact) mass is 278 g/mol. The lowest BCUT2D eigenvalue weighted by Crippen LogP contribution is -2.54. The molecule has 1 amide bonds. The number of nitrogens with one attached hydrogen (secondary N) is 1. The molecule has 1 aromatic carbocycles. The fraction of sp³-hybridized carbons (Fsp3) is 0.467. The molecule has 0 bridgehead atoms. The van der Waals surface area contributed by atoms with Crippen molar-refractivity contribution in [2.75, 3.05) is 0 Å². The lowest BCUT2D eigenvalue weighted by atomic mass is 9.86. The molecule has 2 unspecified atom stereocenters. The molecule has 0 fully saturated rings. The van der Waals surface area contributed by atoms with Crippen molar-refractivity contribution < 1.29 is 14.7 Å². The van der Waals surface area contributed by atoms with Gasteiger partial charge in [0.25, 0.3) is 0 Å². The molecule has 5 heteroatoms. The van der Waals surface area contributed by atoms with Crippen LogP contribution < -0.4 is 11.1 Å². The summed E-state index contributed by atoms with van der Waals surface area (Å²) >= 11 is 0. The van der Waals surface area contributed by atoms with Crippen LogP contribution in [0, 0.1) is 5.41 Å². The Kier molecular flexibility index (Phi) is 5.27. The topological polar surface area (TPSA) is 92.4 Å². The Bertz CT molecular complexity index is 466. The van der Waals surface area contributed by atoms with E-state index >= 15 is 0 Å². The summed E-state index contributed by atoms with van der Waals surface area (Å²) in [6.45, 7) is 5.28. The summed E-state index contributed by atoms with van der Waals surface area (Å²) in [6, 6.07) is 7.66. The van der Waals surface area contributed by atoms with Crippen LogP contribution in [-0.4, -0.2) is 29.1 Å². The van der Waals surface area contributed by atoms with Gasteiger partial charge < -0.3 is 16.2 Å². The third-order valence-corrected chi connectivity index (χ3v) is 3.03. The van der Waals surface area contributed by atoms with Gasteiger partial charge in [0.2, 0.25) is 5.91 Å². The molecule has 0 aliphatic heterocycles. The van der Waals surface area contributed by atoms with E-state index in [1.807, 2.05) is 30.3 Å². The van der Waals surface area contributed by atoms with E-state index in [1.165, 1.54) is 0 Å². The first-order valence-corrected chi connectivity index (χ1v) is 6.54. The first-order chi connectivity index (χ1) is 9.21. The van der Waals surface area contributed by atoms with Gasteiger partial charge in [-0.3, -0.25) is 4.79 Å². The van der Waals surface area contributed by atoms with Crippen molar-refractivity contribution in [3.63, 3.8) is 0 Å². The second kappa shape index (κ2) is 6.52. The standard InChI is InChI=1S/C15H22N2O3/c1-15(2,3)12(14(19)20)17-13(18)11(16)9-10-7-5-4-6-8-10/h4-8,11-12H,9,16H2,1-3H3,(H,17,18)(H,19,20). The number of carbonyl (C=O) groups excluding carboxylic acids is 1. The van der Waals surface area contributed by atoms with Crippen LogP contribution in [0.15, 0.2) is 30.3 Å². The summed E-state index contributed by atoms with van der Waals surface area (Å²) in [7, 11) is 0. The Morgan fingerprint density at radius 2 is 1.80 bits per heavy atom. The van der Waals surface area contributed by atoms with Crippen LogP contribution in [0.1, 0.15) is 26.3 Å². The van der Waals surface area contributed by atoms with E-state index in [4.69, 9.17) is 5.73 Å². The second-order valence-electron chi connectivity index (χ2n) is 5.94. The maximum absolute atomic E-state index is 12.0. The van der Waals surface area contributed by atoms with Crippen LogP contribution in [0.4, 0.5) is 0 Å². The smallest absolute Gasteiger partial charge is 0.326 e. The van der Waals surface area contributed by atoms with Gasteiger partial charge in [-0.25, -0.2) is 4.79 Å². The van der Waals surface area contributed by atoms with Crippen LogP contribution in [0.3, 0.4) is 0 Å². The number of carbonyl (C=O) groups is 2. The molecule has 0 saturated heterocycles. The van der Waals surface area contributed by atoms with E-state index < -0.39 is 29.4 Å². The van der Waals surface area contributed by atoms with Gasteiger partial charge in [0.05, 0.1) is 6.04 Å². The molecule has 0 spiro atoms. The Hall–Kier alpha value is -1.88. The zero-order valence-electron chi connectivity index (χ0n) is 12.1. The maximum atomic E-state index is 12.0. The summed E-state index contributed by atoms with van der Waals surface area (Å²) in [4.78, 5) is 23.2. The van der Waals surface area contributed by atoms with Crippen molar-refractivity contribution in [1.82, 2.24) is 5.32 Å². The minimum atomic E-state index is -1.06. The van der Waals surface area contributed by atoms with Gasteiger partial charge in [-0.05, 0) is 17.4 Å². The van der Waals surface area contributed by atoms with Crippen molar-refractivity contribution in [3.8, 4) is 0 Å². The first-order valence-electron chi connectivity index (χ1n) is 6.54. The van der Waals surface area contributed by atoms with Gasteiger partial charge in [-0.2, -0.15) is 0 Å². The summed E-state index contributed by atoms with van der Waals surface area (Å²) < 4.78 is 0. The molecule has 1 rings (SSSR count). The number of hydrogen-bond acceptors (Lipinski definition) is 3. The third kappa shape index (κ3) is 4.66. The molecular weight excluding hydrogens is 256 g/mol. The maximum Gasteiger partial charge on any atom is 0.326 e. The number of hydrogen-bond donors (Lipinski definition) is 3. The number of benzene rings is 1. The van der Waals surface area contributed by atoms with Crippen LogP contribution in [0.2, 0.25) is 0 Å². The van der Waals surface area contributed by atoms with E-state index in [0.717, 1.165) is 5.56 Å². The molecule has 5 nitrogen and oxygen atoms in total. The van der Waals surface area contributed by atoms with Gasteiger partial charge in [0.1, 0.15) is 6.04 Å². The molecule has 2 atom stereocenters. The van der Waals surface area contributed by atoms with E-state index in [-0.39, 0.29) is 0 Å². The zero-order chi connectivity index (χ0) is 15.3. The van der Waals surface area contributed by atoms with Crippen molar-refractivity contribution in [3.05, 3.63) is 35.9 Å². The molecule has 0 radical (unpaired) electrons. The predicted octanol–water partition coefficient (Wildman–Crippen LogP) is 1.17. The highest BCUT2D eigenvalue weighted by Gasteiger charge is 2.33. The van der Waals surface area contributed by atoms with Crippen LogP contribution >= 0.6 is 0 Å². The lowest BCUT2D eigenvalue weighted by molar-refractivity contribution is -0.145. The largest absolute Gasteiger partial charge is 0.480 e. The van der Waals surface area contributed by atoms with Crippen molar-refractivity contribution in [2.24, 2.45) is 11.1 Å². The summed E-state index contributed by atoms with van der Waals surface area (Å²) in [5.41, 5.74) is 6.20. The zero-order valence-corrected chi connectivity index (χ0v) is 12.1. The number of aliphatic carboxylic acids is 1. The Morgan fingerprint density at radius 3 is 2.25 bits per heavy atom. The fourth-order valence-electron chi connectivity index (χ4n) is 1.86. The van der Waals surface area contributed by atoms with Crippen molar-refractivity contribution in [2.45, 2.75) is 39.3 Å². The molecule has 0 saturated carbocycles. The average molecular weight is 278 g/mol. The predicted molar refractivity (Wildman–Crippen MR) is 77.1 cm³/mol. The number of amides is 1. The van der Waals surface area contributed by atoms with E-state index in [9.17, 15) is 14.7 Å². The lowest BCUT2D eigenvalue weighted by Gasteiger charge is -2.28. The highest BCUT2D eigenvalue weighted by atomic mass is 16.4. The van der Waals surface area contributed by atoms with Crippen LogP contribution in [-0.2, 0) is 16.0 Å². The number of carboxylic acid groups (broad SMARTS) is 1. The van der Waals surface area contributed by atoms with Gasteiger partial charge in [-0.15, -0.1) is 0 Å². The van der Waals surface area contributed by atoms with Gasteiger partial charge >= 0.3 is 5.97 Å². The quantitative estimate of drug-likeness (QED) is 0.754. The molecule has 0 heterocycles. The Morgan fingerprint density at radius 1 is 1.25 bits per heavy atom. The second-order valence-corrected chi connectivity index (χ2v) is 5.94. The third-order valence-electron chi connectivity index (χ3n) is 3.03. The molecular formula is C15H22N2O3. The van der Waals surface area contributed by atoms with E-state index in [2.05, 4.69) is 5.32 Å². The molecule has 4 N–H and O–H groups in total. The molecule has 0 aliphatic carbocycles. The Labute approximate surface area is 119 Å².